The second-order valence-electron chi connectivity index (χ2n) is 5.71. The molecular formula is C19H17F2N3O. The van der Waals surface area contributed by atoms with Gasteiger partial charge in [0.2, 0.25) is 5.91 Å². The van der Waals surface area contributed by atoms with E-state index in [0.717, 1.165) is 5.56 Å². The van der Waals surface area contributed by atoms with Gasteiger partial charge in [0.15, 0.2) is 0 Å². The molecule has 2 aromatic carbocycles. The Labute approximate surface area is 144 Å². The largest absolute Gasteiger partial charge is 0.311 e. The molecule has 0 atom stereocenters. The van der Waals surface area contributed by atoms with Crippen LogP contribution in [0, 0.1) is 18.6 Å². The van der Waals surface area contributed by atoms with Crippen molar-refractivity contribution in [2.24, 2.45) is 0 Å². The molecule has 0 saturated heterocycles. The van der Waals surface area contributed by atoms with Gasteiger partial charge in [-0.2, -0.15) is 5.10 Å². The van der Waals surface area contributed by atoms with E-state index >= 15 is 0 Å². The van der Waals surface area contributed by atoms with Crippen molar-refractivity contribution >= 4 is 11.7 Å². The number of benzene rings is 2. The summed E-state index contributed by atoms with van der Waals surface area (Å²) < 4.78 is 28.5. The second-order valence-corrected chi connectivity index (χ2v) is 5.71. The maximum absolute atomic E-state index is 14.0. The van der Waals surface area contributed by atoms with Crippen molar-refractivity contribution in [2.75, 3.05) is 5.32 Å². The lowest BCUT2D eigenvalue weighted by Crippen LogP contribution is -2.16. The van der Waals surface area contributed by atoms with Crippen molar-refractivity contribution in [3.8, 4) is 5.69 Å². The quantitative estimate of drug-likeness (QED) is 0.762. The monoisotopic (exact) mass is 341 g/mol. The molecule has 0 unspecified atom stereocenters. The molecule has 4 nitrogen and oxygen atoms in total. The number of hydrogen-bond donors (Lipinski definition) is 1. The number of rotatable bonds is 5. The fraction of sp³-hybridized carbons (Fsp3) is 0.158. The summed E-state index contributed by atoms with van der Waals surface area (Å²) in [7, 11) is 0. The number of hydrogen-bond acceptors (Lipinski definition) is 2. The minimum atomic E-state index is -0.430. The van der Waals surface area contributed by atoms with E-state index < -0.39 is 5.82 Å². The lowest BCUT2D eigenvalue weighted by atomic mass is 10.1. The average Bonchev–Trinajstić information content (AvgIpc) is 2.93. The first-order valence-corrected chi connectivity index (χ1v) is 7.89. The van der Waals surface area contributed by atoms with E-state index in [-0.39, 0.29) is 23.8 Å². The van der Waals surface area contributed by atoms with Gasteiger partial charge in [0, 0.05) is 12.5 Å². The fourth-order valence-corrected chi connectivity index (χ4v) is 2.55. The third kappa shape index (κ3) is 4.09. The normalized spacial score (nSPS) is 10.7. The van der Waals surface area contributed by atoms with Gasteiger partial charge in [0.05, 0.1) is 5.69 Å². The number of nitrogens with zero attached hydrogens (tertiary/aromatic N) is 2. The lowest BCUT2D eigenvalue weighted by molar-refractivity contribution is -0.116. The number of anilines is 1. The van der Waals surface area contributed by atoms with Crippen LogP contribution < -0.4 is 5.32 Å². The molecule has 1 N–H and O–H groups in total. The summed E-state index contributed by atoms with van der Waals surface area (Å²) in [6.45, 7) is 1.76. The van der Waals surface area contributed by atoms with Gasteiger partial charge in [0.25, 0.3) is 0 Å². The Hall–Kier alpha value is -3.02. The Bertz CT molecular complexity index is 905. The van der Waals surface area contributed by atoms with E-state index in [1.807, 2.05) is 0 Å². The number of para-hydroxylation sites is 1. The first kappa shape index (κ1) is 16.8. The molecule has 0 aliphatic carbocycles. The molecule has 0 aliphatic rings. The van der Waals surface area contributed by atoms with Crippen LogP contribution in [-0.2, 0) is 11.2 Å². The summed E-state index contributed by atoms with van der Waals surface area (Å²) in [5.41, 5.74) is 1.66. The Morgan fingerprint density at radius 3 is 2.68 bits per heavy atom. The predicted molar refractivity (Wildman–Crippen MR) is 91.6 cm³/mol. The zero-order valence-corrected chi connectivity index (χ0v) is 13.7. The zero-order valence-electron chi connectivity index (χ0n) is 13.7. The van der Waals surface area contributed by atoms with Crippen molar-refractivity contribution in [1.82, 2.24) is 9.78 Å². The van der Waals surface area contributed by atoms with Gasteiger partial charge < -0.3 is 5.32 Å². The first-order valence-electron chi connectivity index (χ1n) is 7.89. The smallest absolute Gasteiger partial charge is 0.225 e. The van der Waals surface area contributed by atoms with Crippen molar-refractivity contribution in [3.63, 3.8) is 0 Å². The number of aryl methyl sites for hydroxylation is 2. The molecular weight excluding hydrogens is 324 g/mol. The Morgan fingerprint density at radius 1 is 1.12 bits per heavy atom. The maximum atomic E-state index is 14.0. The Balaban J connectivity index is 1.73. The standard InChI is InChI=1S/C19H17F2N3O/c1-13-11-18(24(23-13)17-8-3-2-7-16(17)21)22-19(25)10-9-14-5-4-6-15(20)12-14/h2-8,11-12H,9-10H2,1H3,(H,22,25). The molecule has 1 heterocycles. The summed E-state index contributed by atoms with van der Waals surface area (Å²) in [6, 6.07) is 14.0. The van der Waals surface area contributed by atoms with Crippen LogP contribution in [0.1, 0.15) is 17.7 Å². The van der Waals surface area contributed by atoms with Gasteiger partial charge >= 0.3 is 0 Å². The van der Waals surface area contributed by atoms with Crippen molar-refractivity contribution in [1.29, 1.82) is 0 Å². The van der Waals surface area contributed by atoms with Crippen molar-refractivity contribution < 1.29 is 13.6 Å². The third-order valence-electron chi connectivity index (χ3n) is 3.71. The molecule has 1 amide bonds. The molecule has 6 heteroatoms. The summed E-state index contributed by atoms with van der Waals surface area (Å²) in [5, 5.41) is 6.98. The van der Waals surface area contributed by atoms with E-state index in [1.54, 1.807) is 43.3 Å². The number of carbonyl (C=O) groups excluding carboxylic acids is 1. The lowest BCUT2D eigenvalue weighted by Gasteiger charge is -2.09. The molecule has 1 aromatic heterocycles. The molecule has 0 radical (unpaired) electrons. The van der Waals surface area contributed by atoms with Gasteiger partial charge in [-0.3, -0.25) is 4.79 Å². The molecule has 0 bridgehead atoms. The van der Waals surface area contributed by atoms with Gasteiger partial charge in [-0.1, -0.05) is 24.3 Å². The van der Waals surface area contributed by atoms with Crippen LogP contribution in [-0.4, -0.2) is 15.7 Å². The van der Waals surface area contributed by atoms with Crippen LogP contribution in [0.25, 0.3) is 5.69 Å². The van der Waals surface area contributed by atoms with Gasteiger partial charge in [-0.05, 0) is 43.2 Å². The minimum absolute atomic E-state index is 0.185. The molecule has 3 rings (SSSR count). The summed E-state index contributed by atoms with van der Waals surface area (Å²) in [5.74, 6) is -0.611. The molecule has 25 heavy (non-hydrogen) atoms. The average molecular weight is 341 g/mol. The molecule has 0 fully saturated rings. The summed E-state index contributed by atoms with van der Waals surface area (Å²) in [4.78, 5) is 12.2. The molecule has 0 saturated carbocycles. The van der Waals surface area contributed by atoms with Crippen molar-refractivity contribution in [3.05, 3.63) is 77.5 Å². The molecule has 0 spiro atoms. The van der Waals surface area contributed by atoms with E-state index in [4.69, 9.17) is 0 Å². The summed E-state index contributed by atoms with van der Waals surface area (Å²) >= 11 is 0. The topological polar surface area (TPSA) is 46.9 Å². The highest BCUT2D eigenvalue weighted by atomic mass is 19.1. The van der Waals surface area contributed by atoms with Gasteiger partial charge in [-0.15, -0.1) is 0 Å². The number of nitrogens with one attached hydrogen (secondary N) is 1. The highest BCUT2D eigenvalue weighted by Gasteiger charge is 2.13. The molecule has 0 aliphatic heterocycles. The van der Waals surface area contributed by atoms with E-state index in [0.29, 0.717) is 17.9 Å². The molecule has 3 aromatic rings. The summed E-state index contributed by atoms with van der Waals surface area (Å²) in [6.07, 6.45) is 0.599. The zero-order chi connectivity index (χ0) is 17.8. The minimum Gasteiger partial charge on any atom is -0.311 e. The predicted octanol–water partition coefficient (Wildman–Crippen LogP) is 4.03. The van der Waals surface area contributed by atoms with Crippen LogP contribution in [0.3, 0.4) is 0 Å². The Kier molecular flexibility index (Phi) is 4.88. The maximum Gasteiger partial charge on any atom is 0.225 e. The van der Waals surface area contributed by atoms with E-state index in [2.05, 4.69) is 10.4 Å². The number of amides is 1. The second kappa shape index (κ2) is 7.25. The van der Waals surface area contributed by atoms with Crippen LogP contribution in [0.15, 0.2) is 54.6 Å². The molecule has 128 valence electrons. The van der Waals surface area contributed by atoms with Crippen molar-refractivity contribution in [2.45, 2.75) is 19.8 Å². The van der Waals surface area contributed by atoms with Gasteiger partial charge in [0.1, 0.15) is 23.1 Å². The number of carbonyl (C=O) groups is 1. The highest BCUT2D eigenvalue weighted by molar-refractivity contribution is 5.90. The highest BCUT2D eigenvalue weighted by Crippen LogP contribution is 2.20. The van der Waals surface area contributed by atoms with Crippen LogP contribution in [0.4, 0.5) is 14.6 Å². The van der Waals surface area contributed by atoms with Crippen LogP contribution in [0.5, 0.6) is 0 Å². The Morgan fingerprint density at radius 2 is 1.92 bits per heavy atom. The SMILES string of the molecule is Cc1cc(NC(=O)CCc2cccc(F)c2)n(-c2ccccc2F)n1. The third-order valence-corrected chi connectivity index (χ3v) is 3.71. The fourth-order valence-electron chi connectivity index (χ4n) is 2.55. The first-order chi connectivity index (χ1) is 12.0. The number of aromatic nitrogens is 2. The number of halogens is 2. The van der Waals surface area contributed by atoms with Gasteiger partial charge in [-0.25, -0.2) is 13.5 Å². The van der Waals surface area contributed by atoms with E-state index in [1.165, 1.54) is 22.9 Å². The van der Waals surface area contributed by atoms with Crippen LogP contribution >= 0.6 is 0 Å². The van der Waals surface area contributed by atoms with E-state index in [9.17, 15) is 13.6 Å². The van der Waals surface area contributed by atoms with Crippen LogP contribution in [0.2, 0.25) is 0 Å².